The largest absolute Gasteiger partial charge is 0.487 e. The number of aliphatic imine (C=N–C) groups is 1. The van der Waals surface area contributed by atoms with Crippen molar-refractivity contribution in [3.63, 3.8) is 0 Å². The van der Waals surface area contributed by atoms with Gasteiger partial charge in [0.05, 0.1) is 13.4 Å². The molecule has 0 aliphatic carbocycles. The number of hydrogen-bond donors (Lipinski definition) is 1. The normalized spacial score (nSPS) is 10.8. The Bertz CT molecular complexity index is 1000. The van der Waals surface area contributed by atoms with E-state index < -0.39 is 5.97 Å². The lowest BCUT2D eigenvalue weighted by Gasteiger charge is -2.08. The van der Waals surface area contributed by atoms with Crippen LogP contribution in [0.15, 0.2) is 59.6 Å². The highest BCUT2D eigenvalue weighted by Crippen LogP contribution is 2.36. The highest BCUT2D eigenvalue weighted by atomic mass is 32.1. The van der Waals surface area contributed by atoms with Gasteiger partial charge in [0.15, 0.2) is 4.88 Å². The van der Waals surface area contributed by atoms with Crippen molar-refractivity contribution in [3.8, 4) is 5.75 Å². The summed E-state index contributed by atoms with van der Waals surface area (Å²) in [5.74, 6) is -0.406. The number of carbonyl (C=O) groups is 1. The van der Waals surface area contributed by atoms with Crippen molar-refractivity contribution in [2.45, 2.75) is 13.5 Å². The number of nitrogens with zero attached hydrogens (tertiary/aromatic N) is 1. The minimum absolute atomic E-state index is 0.331. The molecule has 3 aromatic rings. The van der Waals surface area contributed by atoms with E-state index in [1.807, 2.05) is 31.2 Å². The van der Waals surface area contributed by atoms with Crippen LogP contribution in [0.3, 0.4) is 0 Å². The standard InChI is InChI=1S/C21H19FN2O3S/c1-14-6-3-4-7-15(14)12-27-18-11-19(28-20(18)21(25)26-2)24-13-23-17-9-5-8-16(22)10-17/h3-11,13H,12H2,1-2H3,(H,23,24). The zero-order valence-electron chi connectivity index (χ0n) is 15.4. The number of nitrogens with one attached hydrogen (secondary N) is 1. The van der Waals surface area contributed by atoms with Gasteiger partial charge >= 0.3 is 5.97 Å². The van der Waals surface area contributed by atoms with Gasteiger partial charge in [0, 0.05) is 11.8 Å². The van der Waals surface area contributed by atoms with E-state index >= 15 is 0 Å². The lowest BCUT2D eigenvalue weighted by molar-refractivity contribution is 0.0601. The molecule has 1 aromatic heterocycles. The summed E-state index contributed by atoms with van der Waals surface area (Å²) >= 11 is 1.16. The first kappa shape index (κ1) is 19.6. The van der Waals surface area contributed by atoms with E-state index in [4.69, 9.17) is 9.47 Å². The molecule has 7 heteroatoms. The van der Waals surface area contributed by atoms with E-state index in [1.54, 1.807) is 18.2 Å². The summed E-state index contributed by atoms with van der Waals surface area (Å²) in [6.07, 6.45) is 1.44. The van der Waals surface area contributed by atoms with Crippen LogP contribution >= 0.6 is 11.3 Å². The molecule has 0 spiro atoms. The fourth-order valence-electron chi connectivity index (χ4n) is 2.44. The summed E-state index contributed by atoms with van der Waals surface area (Å²) in [7, 11) is 1.32. The Kier molecular flexibility index (Phi) is 6.39. The quantitative estimate of drug-likeness (QED) is 0.332. The molecule has 1 heterocycles. The van der Waals surface area contributed by atoms with E-state index in [2.05, 4.69) is 10.3 Å². The second kappa shape index (κ2) is 9.14. The Morgan fingerprint density at radius 2 is 2.04 bits per heavy atom. The summed E-state index contributed by atoms with van der Waals surface area (Å²) in [4.78, 5) is 16.7. The van der Waals surface area contributed by atoms with Gasteiger partial charge in [0.2, 0.25) is 0 Å². The first-order chi connectivity index (χ1) is 13.6. The maximum absolute atomic E-state index is 13.2. The molecule has 5 nitrogen and oxygen atoms in total. The van der Waals surface area contributed by atoms with E-state index in [1.165, 1.54) is 25.6 Å². The van der Waals surface area contributed by atoms with Gasteiger partial charge in [-0.1, -0.05) is 30.3 Å². The molecule has 0 saturated heterocycles. The Hall–Kier alpha value is -3.19. The van der Waals surface area contributed by atoms with Gasteiger partial charge in [-0.15, -0.1) is 11.3 Å². The molecule has 0 bridgehead atoms. The summed E-state index contributed by atoms with van der Waals surface area (Å²) in [6.45, 7) is 2.33. The molecular formula is C21H19FN2O3S. The zero-order valence-corrected chi connectivity index (χ0v) is 16.3. The second-order valence-electron chi connectivity index (χ2n) is 5.90. The van der Waals surface area contributed by atoms with Gasteiger partial charge in [0.1, 0.15) is 23.2 Å². The SMILES string of the molecule is COC(=O)c1sc(/N=C/Nc2cccc(F)c2)cc1OCc1ccccc1C. The van der Waals surface area contributed by atoms with Crippen molar-refractivity contribution in [3.05, 3.63) is 76.4 Å². The Labute approximate surface area is 166 Å². The summed E-state index contributed by atoms with van der Waals surface area (Å²) in [5, 5.41) is 3.45. The third kappa shape index (κ3) is 4.95. The smallest absolute Gasteiger partial charge is 0.351 e. The molecule has 3 rings (SSSR count). The number of carbonyl (C=O) groups excluding carboxylic acids is 1. The van der Waals surface area contributed by atoms with Crippen LogP contribution in [0.25, 0.3) is 0 Å². The van der Waals surface area contributed by atoms with Crippen molar-refractivity contribution in [1.82, 2.24) is 0 Å². The minimum Gasteiger partial charge on any atom is -0.487 e. The van der Waals surface area contributed by atoms with Crippen molar-refractivity contribution in [2.75, 3.05) is 12.4 Å². The molecule has 0 amide bonds. The minimum atomic E-state index is -0.482. The summed E-state index contributed by atoms with van der Waals surface area (Å²) in [6, 6.07) is 15.6. The Morgan fingerprint density at radius 3 is 2.79 bits per heavy atom. The van der Waals surface area contributed by atoms with Crippen LogP contribution in [0.5, 0.6) is 5.75 Å². The van der Waals surface area contributed by atoms with E-state index in [-0.39, 0.29) is 5.82 Å². The first-order valence-electron chi connectivity index (χ1n) is 8.51. The molecule has 0 radical (unpaired) electrons. The van der Waals surface area contributed by atoms with Crippen LogP contribution < -0.4 is 10.1 Å². The summed E-state index contributed by atoms with van der Waals surface area (Å²) in [5.41, 5.74) is 2.71. The highest BCUT2D eigenvalue weighted by molar-refractivity contribution is 7.18. The monoisotopic (exact) mass is 398 g/mol. The van der Waals surface area contributed by atoms with Crippen LogP contribution in [0.2, 0.25) is 0 Å². The van der Waals surface area contributed by atoms with Crippen molar-refractivity contribution < 1.29 is 18.7 Å². The lowest BCUT2D eigenvalue weighted by atomic mass is 10.1. The number of thiophene rings is 1. The van der Waals surface area contributed by atoms with Gasteiger partial charge in [-0.05, 0) is 36.2 Å². The number of anilines is 1. The average molecular weight is 398 g/mol. The average Bonchev–Trinajstić information content (AvgIpc) is 3.10. The third-order valence-corrected chi connectivity index (χ3v) is 4.95. The van der Waals surface area contributed by atoms with Gasteiger partial charge in [-0.2, -0.15) is 0 Å². The second-order valence-corrected chi connectivity index (χ2v) is 6.93. The first-order valence-corrected chi connectivity index (χ1v) is 9.32. The number of esters is 1. The predicted molar refractivity (Wildman–Crippen MR) is 109 cm³/mol. The number of ether oxygens (including phenoxy) is 2. The van der Waals surface area contributed by atoms with Crippen molar-refractivity contribution in [2.24, 2.45) is 4.99 Å². The molecule has 0 aliphatic rings. The molecule has 1 N–H and O–H groups in total. The number of rotatable bonds is 7. The topological polar surface area (TPSA) is 59.9 Å². The zero-order chi connectivity index (χ0) is 19.9. The van der Waals surface area contributed by atoms with Crippen LogP contribution in [0.4, 0.5) is 15.1 Å². The molecule has 0 atom stereocenters. The fourth-order valence-corrected chi connectivity index (χ4v) is 3.31. The predicted octanol–water partition coefficient (Wildman–Crippen LogP) is 5.33. The Balaban J connectivity index is 1.74. The third-order valence-electron chi connectivity index (χ3n) is 3.95. The van der Waals surface area contributed by atoms with Gasteiger partial charge < -0.3 is 14.8 Å². The number of methoxy groups -OCH3 is 1. The number of aryl methyl sites for hydroxylation is 1. The van der Waals surface area contributed by atoms with E-state index in [9.17, 15) is 9.18 Å². The van der Waals surface area contributed by atoms with E-state index in [0.29, 0.717) is 27.9 Å². The Morgan fingerprint density at radius 1 is 1.21 bits per heavy atom. The van der Waals surface area contributed by atoms with Gasteiger partial charge in [0.25, 0.3) is 0 Å². The lowest BCUT2D eigenvalue weighted by Crippen LogP contribution is -2.03. The molecule has 144 valence electrons. The maximum atomic E-state index is 13.2. The van der Waals surface area contributed by atoms with Gasteiger partial charge in [-0.25, -0.2) is 14.2 Å². The number of benzene rings is 2. The number of halogens is 1. The fraction of sp³-hybridized carbons (Fsp3) is 0.143. The molecular weight excluding hydrogens is 379 g/mol. The van der Waals surface area contributed by atoms with Crippen molar-refractivity contribution in [1.29, 1.82) is 0 Å². The molecule has 0 aliphatic heterocycles. The molecule has 0 saturated carbocycles. The summed E-state index contributed by atoms with van der Waals surface area (Å²) < 4.78 is 23.9. The molecule has 0 unspecified atom stereocenters. The van der Waals surface area contributed by atoms with Crippen LogP contribution in [0.1, 0.15) is 20.8 Å². The maximum Gasteiger partial charge on any atom is 0.351 e. The van der Waals surface area contributed by atoms with Crippen LogP contribution in [-0.2, 0) is 11.3 Å². The molecule has 2 aromatic carbocycles. The van der Waals surface area contributed by atoms with Gasteiger partial charge in [-0.3, -0.25) is 0 Å². The van der Waals surface area contributed by atoms with Crippen molar-refractivity contribution >= 4 is 34.3 Å². The highest BCUT2D eigenvalue weighted by Gasteiger charge is 2.18. The van der Waals surface area contributed by atoms with E-state index in [0.717, 1.165) is 22.5 Å². The molecule has 28 heavy (non-hydrogen) atoms. The van der Waals surface area contributed by atoms with Crippen LogP contribution in [0, 0.1) is 12.7 Å². The number of hydrogen-bond acceptors (Lipinski definition) is 5. The molecule has 0 fully saturated rings. The van der Waals surface area contributed by atoms with Crippen LogP contribution in [-0.4, -0.2) is 19.4 Å².